The maximum atomic E-state index is 12.4. The molecule has 2 atom stereocenters. The zero-order chi connectivity index (χ0) is 15.7. The molecule has 126 valence electrons. The molecule has 0 saturated heterocycles. The molecule has 0 spiro atoms. The molecule has 2 amide bonds. The van der Waals surface area contributed by atoms with Crippen LogP contribution >= 0.6 is 12.4 Å². The van der Waals surface area contributed by atoms with Crippen LogP contribution in [-0.4, -0.2) is 30.9 Å². The fourth-order valence-corrected chi connectivity index (χ4v) is 3.63. The number of carbonyl (C=O) groups is 2. The first-order valence-electron chi connectivity index (χ1n) is 8.02. The normalized spacial score (nSPS) is 22.4. The summed E-state index contributed by atoms with van der Waals surface area (Å²) < 4.78 is 0. The topological polar surface area (TPSA) is 75.4 Å². The first-order chi connectivity index (χ1) is 10.6. The Balaban J connectivity index is 0.00000192. The van der Waals surface area contributed by atoms with Gasteiger partial charge in [-0.25, -0.2) is 0 Å². The Labute approximate surface area is 143 Å². The largest absolute Gasteiger partial charge is 0.349 e. The summed E-state index contributed by atoms with van der Waals surface area (Å²) in [5.74, 6) is 0.411. The molecule has 1 aliphatic heterocycles. The predicted molar refractivity (Wildman–Crippen MR) is 93.1 cm³/mol. The van der Waals surface area contributed by atoms with E-state index >= 15 is 0 Å². The smallest absolute Gasteiger partial charge is 0.251 e. The molecule has 2 unspecified atom stereocenters. The fraction of sp³-hybridized carbons (Fsp3) is 0.529. The van der Waals surface area contributed by atoms with E-state index in [2.05, 4.69) is 5.32 Å². The lowest BCUT2D eigenvalue weighted by Crippen LogP contribution is -2.39. The number of amides is 2. The molecule has 0 bridgehead atoms. The van der Waals surface area contributed by atoms with Gasteiger partial charge < -0.3 is 16.0 Å². The van der Waals surface area contributed by atoms with Crippen molar-refractivity contribution < 1.29 is 9.59 Å². The summed E-state index contributed by atoms with van der Waals surface area (Å²) >= 11 is 0. The molecule has 0 radical (unpaired) electrons. The number of fused-ring (bicyclic) bond motifs is 1. The lowest BCUT2D eigenvalue weighted by Gasteiger charge is -2.20. The second kappa shape index (κ2) is 7.32. The van der Waals surface area contributed by atoms with Gasteiger partial charge in [0.2, 0.25) is 5.91 Å². The predicted octanol–water partition coefficient (Wildman–Crippen LogP) is 1.87. The minimum Gasteiger partial charge on any atom is -0.349 e. The van der Waals surface area contributed by atoms with Crippen molar-refractivity contribution in [3.8, 4) is 0 Å². The van der Waals surface area contributed by atoms with E-state index < -0.39 is 0 Å². The summed E-state index contributed by atoms with van der Waals surface area (Å²) in [6.07, 6.45) is 4.05. The first-order valence-corrected chi connectivity index (χ1v) is 8.02. The number of hydrogen-bond donors (Lipinski definition) is 2. The molecule has 3 rings (SSSR count). The zero-order valence-electron chi connectivity index (χ0n) is 13.4. The maximum absolute atomic E-state index is 12.4. The average Bonchev–Trinajstić information content (AvgIpc) is 3.12. The first kappa shape index (κ1) is 17.8. The van der Waals surface area contributed by atoms with Gasteiger partial charge in [0.25, 0.3) is 5.91 Å². The molecular formula is C17H24ClN3O2. The number of anilines is 1. The van der Waals surface area contributed by atoms with E-state index in [1.54, 1.807) is 11.8 Å². The van der Waals surface area contributed by atoms with Gasteiger partial charge in [-0.15, -0.1) is 12.4 Å². The Morgan fingerprint density at radius 2 is 2.13 bits per heavy atom. The summed E-state index contributed by atoms with van der Waals surface area (Å²) in [6.45, 7) is 2.90. The lowest BCUT2D eigenvalue weighted by atomic mass is 10.0. The monoisotopic (exact) mass is 337 g/mol. The van der Waals surface area contributed by atoms with Crippen LogP contribution in [0.1, 0.15) is 42.1 Å². The van der Waals surface area contributed by atoms with Gasteiger partial charge in [-0.2, -0.15) is 0 Å². The van der Waals surface area contributed by atoms with E-state index in [4.69, 9.17) is 5.73 Å². The standard InChI is InChI=1S/C17H23N3O2.ClH/c1-11(21)20-8-7-12-9-13(5-6-16(12)20)17(22)19-15-4-2-3-14(15)10-18;/h5-6,9,14-15H,2-4,7-8,10,18H2,1H3,(H,19,22);1H. The third-order valence-corrected chi connectivity index (χ3v) is 4.90. The van der Waals surface area contributed by atoms with Gasteiger partial charge in [0, 0.05) is 30.8 Å². The molecule has 5 nitrogen and oxygen atoms in total. The molecule has 1 aromatic rings. The number of halogens is 1. The summed E-state index contributed by atoms with van der Waals surface area (Å²) in [4.78, 5) is 25.8. The van der Waals surface area contributed by atoms with Crippen LogP contribution in [0.5, 0.6) is 0 Å². The van der Waals surface area contributed by atoms with Crippen molar-refractivity contribution in [2.24, 2.45) is 11.7 Å². The second-order valence-electron chi connectivity index (χ2n) is 6.27. The molecule has 0 aromatic heterocycles. The van der Waals surface area contributed by atoms with Gasteiger partial charge in [0.05, 0.1) is 0 Å². The lowest BCUT2D eigenvalue weighted by molar-refractivity contribution is -0.116. The molecule has 1 fully saturated rings. The van der Waals surface area contributed by atoms with Crippen LogP contribution in [0.15, 0.2) is 18.2 Å². The number of rotatable bonds is 3. The van der Waals surface area contributed by atoms with E-state index in [1.807, 2.05) is 18.2 Å². The number of nitrogens with zero attached hydrogens (tertiary/aromatic N) is 1. The van der Waals surface area contributed by atoms with Crippen LogP contribution in [0.25, 0.3) is 0 Å². The van der Waals surface area contributed by atoms with Crippen molar-refractivity contribution in [1.82, 2.24) is 5.32 Å². The Hall–Kier alpha value is -1.59. The van der Waals surface area contributed by atoms with Gasteiger partial charge in [-0.1, -0.05) is 6.42 Å². The highest BCUT2D eigenvalue weighted by atomic mass is 35.5. The van der Waals surface area contributed by atoms with Gasteiger partial charge in [0.1, 0.15) is 0 Å². The molecule has 23 heavy (non-hydrogen) atoms. The van der Waals surface area contributed by atoms with Crippen molar-refractivity contribution in [3.05, 3.63) is 29.3 Å². The number of nitrogens with two attached hydrogens (primary N) is 1. The summed E-state index contributed by atoms with van der Waals surface area (Å²) in [6, 6.07) is 5.80. The second-order valence-corrected chi connectivity index (χ2v) is 6.27. The summed E-state index contributed by atoms with van der Waals surface area (Å²) in [5.41, 5.74) is 8.45. The fourth-order valence-electron chi connectivity index (χ4n) is 3.63. The van der Waals surface area contributed by atoms with Crippen molar-refractivity contribution >= 4 is 29.9 Å². The Kier molecular flexibility index (Phi) is 5.65. The summed E-state index contributed by atoms with van der Waals surface area (Å²) in [5, 5.41) is 3.12. The van der Waals surface area contributed by atoms with Crippen LogP contribution in [0, 0.1) is 5.92 Å². The molecule has 1 heterocycles. The number of carbonyl (C=O) groups excluding carboxylic acids is 2. The average molecular weight is 338 g/mol. The van der Waals surface area contributed by atoms with Crippen LogP contribution < -0.4 is 16.0 Å². The molecule has 1 aromatic carbocycles. The minimum atomic E-state index is -0.0329. The van der Waals surface area contributed by atoms with Gasteiger partial charge in [0.15, 0.2) is 0 Å². The van der Waals surface area contributed by atoms with Gasteiger partial charge >= 0.3 is 0 Å². The zero-order valence-corrected chi connectivity index (χ0v) is 14.2. The van der Waals surface area contributed by atoms with E-state index in [0.717, 1.165) is 36.9 Å². The molecule has 3 N–H and O–H groups in total. The Morgan fingerprint density at radius 1 is 1.35 bits per heavy atom. The SMILES string of the molecule is CC(=O)N1CCc2cc(C(=O)NC3CCCC3CN)ccc21.Cl. The van der Waals surface area contributed by atoms with Gasteiger partial charge in [-0.05, 0) is 55.5 Å². The van der Waals surface area contributed by atoms with Crippen LogP contribution in [0.4, 0.5) is 5.69 Å². The molecule has 6 heteroatoms. The maximum Gasteiger partial charge on any atom is 0.251 e. The van der Waals surface area contributed by atoms with E-state index in [1.165, 1.54) is 0 Å². The van der Waals surface area contributed by atoms with Crippen molar-refractivity contribution in [2.45, 2.75) is 38.6 Å². The van der Waals surface area contributed by atoms with E-state index in [-0.39, 0.29) is 30.3 Å². The molecular weight excluding hydrogens is 314 g/mol. The molecule has 1 saturated carbocycles. The van der Waals surface area contributed by atoms with Crippen molar-refractivity contribution in [3.63, 3.8) is 0 Å². The molecule has 2 aliphatic rings. The Morgan fingerprint density at radius 3 is 2.83 bits per heavy atom. The third-order valence-electron chi connectivity index (χ3n) is 4.90. The van der Waals surface area contributed by atoms with Crippen LogP contribution in [-0.2, 0) is 11.2 Å². The van der Waals surface area contributed by atoms with Crippen LogP contribution in [0.2, 0.25) is 0 Å². The van der Waals surface area contributed by atoms with Crippen molar-refractivity contribution in [2.75, 3.05) is 18.0 Å². The highest BCUT2D eigenvalue weighted by Crippen LogP contribution is 2.29. The number of benzene rings is 1. The summed E-state index contributed by atoms with van der Waals surface area (Å²) in [7, 11) is 0. The highest BCUT2D eigenvalue weighted by molar-refractivity contribution is 5.98. The van der Waals surface area contributed by atoms with Crippen molar-refractivity contribution in [1.29, 1.82) is 0 Å². The van der Waals surface area contributed by atoms with E-state index in [0.29, 0.717) is 24.6 Å². The van der Waals surface area contributed by atoms with E-state index in [9.17, 15) is 9.59 Å². The number of hydrogen-bond acceptors (Lipinski definition) is 3. The highest BCUT2D eigenvalue weighted by Gasteiger charge is 2.28. The third kappa shape index (κ3) is 3.51. The Bertz CT molecular complexity index is 606. The van der Waals surface area contributed by atoms with Gasteiger partial charge in [-0.3, -0.25) is 9.59 Å². The van der Waals surface area contributed by atoms with Crippen LogP contribution in [0.3, 0.4) is 0 Å². The quantitative estimate of drug-likeness (QED) is 0.884. The molecule has 1 aliphatic carbocycles. The number of nitrogens with one attached hydrogen (secondary N) is 1. The minimum absolute atomic E-state index is 0.